The summed E-state index contributed by atoms with van der Waals surface area (Å²) >= 11 is 0. The quantitative estimate of drug-likeness (QED) is 0.248. The Balaban J connectivity index is 0. The highest BCUT2D eigenvalue weighted by Gasteiger charge is 2.16. The lowest BCUT2D eigenvalue weighted by Crippen LogP contribution is -2.39. The molecule has 0 radical (unpaired) electrons. The Morgan fingerprint density at radius 3 is 1.40 bits per heavy atom. The Kier molecular flexibility index (Phi) is 18.5. The molecule has 0 aromatic heterocycles. The summed E-state index contributed by atoms with van der Waals surface area (Å²) in [6.45, 7) is 19.8. The van der Waals surface area contributed by atoms with Gasteiger partial charge in [0.25, 0.3) is 0 Å². The van der Waals surface area contributed by atoms with E-state index in [9.17, 15) is 9.59 Å². The number of carbonyl (C=O) groups is 2. The summed E-state index contributed by atoms with van der Waals surface area (Å²) in [4.78, 5) is 22.7. The van der Waals surface area contributed by atoms with Gasteiger partial charge < -0.3 is 41.8 Å². The highest BCUT2D eigenvalue weighted by molar-refractivity contribution is 5.68. The van der Waals surface area contributed by atoms with Crippen molar-refractivity contribution in [3.05, 3.63) is 0 Å². The first-order chi connectivity index (χ1) is 13.9. The van der Waals surface area contributed by atoms with Crippen LogP contribution in [0.3, 0.4) is 0 Å². The van der Waals surface area contributed by atoms with Crippen molar-refractivity contribution in [3.8, 4) is 0 Å². The van der Waals surface area contributed by atoms with E-state index in [2.05, 4.69) is 33.5 Å². The van der Waals surface area contributed by atoms with Gasteiger partial charge in [0, 0.05) is 52.4 Å². The van der Waals surface area contributed by atoms with Gasteiger partial charge in [-0.1, -0.05) is 6.92 Å². The van der Waals surface area contributed by atoms with Gasteiger partial charge in [-0.2, -0.15) is 0 Å². The van der Waals surface area contributed by atoms with E-state index >= 15 is 0 Å². The lowest BCUT2D eigenvalue weighted by atomic mass is 10.2. The highest BCUT2D eigenvalue weighted by atomic mass is 16.6. The first kappa shape index (κ1) is 30.6. The van der Waals surface area contributed by atoms with E-state index in [1.165, 1.54) is 0 Å². The van der Waals surface area contributed by atoms with Crippen molar-refractivity contribution >= 4 is 12.2 Å². The zero-order chi connectivity index (χ0) is 23.5. The zero-order valence-electron chi connectivity index (χ0n) is 20.1. The molecule has 0 aliphatic rings. The fourth-order valence-electron chi connectivity index (χ4n) is 1.84. The van der Waals surface area contributed by atoms with Crippen molar-refractivity contribution in [3.63, 3.8) is 0 Å². The van der Waals surface area contributed by atoms with Crippen LogP contribution >= 0.6 is 0 Å². The number of nitrogens with one attached hydrogen (secondary N) is 5. The monoisotopic (exact) mass is 434 g/mol. The lowest BCUT2D eigenvalue weighted by molar-refractivity contribution is 0.0520. The van der Waals surface area contributed by atoms with Crippen LogP contribution in [0.25, 0.3) is 0 Å². The Labute approximate surface area is 182 Å². The Morgan fingerprint density at radius 1 is 0.667 bits per heavy atom. The lowest BCUT2D eigenvalue weighted by Gasteiger charge is -2.20. The molecule has 10 nitrogen and oxygen atoms in total. The number of alkyl carbamates (subject to hydrolysis) is 2. The molecular weight excluding hydrogens is 388 g/mol. The van der Waals surface area contributed by atoms with Gasteiger partial charge in [0.15, 0.2) is 0 Å². The molecule has 0 rings (SSSR count). The van der Waals surface area contributed by atoms with E-state index in [0.717, 1.165) is 32.7 Å². The predicted octanol–water partition coefficient (Wildman–Crippen LogP) is 0.770. The van der Waals surface area contributed by atoms with E-state index in [-0.39, 0.29) is 0 Å². The van der Waals surface area contributed by atoms with Gasteiger partial charge in [-0.3, -0.25) is 0 Å². The number of nitrogens with two attached hydrogens (primary N) is 1. The van der Waals surface area contributed by atoms with Crippen molar-refractivity contribution < 1.29 is 19.1 Å². The third-order valence-electron chi connectivity index (χ3n) is 2.99. The normalized spacial score (nSPS) is 11.2. The van der Waals surface area contributed by atoms with Gasteiger partial charge in [-0.15, -0.1) is 0 Å². The molecule has 2 amide bonds. The molecule has 0 saturated carbocycles. The van der Waals surface area contributed by atoms with Crippen LogP contribution in [0.1, 0.15) is 48.5 Å². The molecular formula is C20H46N6O4. The summed E-state index contributed by atoms with van der Waals surface area (Å²) in [5.74, 6) is 0. The van der Waals surface area contributed by atoms with Gasteiger partial charge in [-0.25, -0.2) is 9.59 Å². The second-order valence-corrected chi connectivity index (χ2v) is 8.50. The molecule has 0 saturated heterocycles. The minimum atomic E-state index is -0.491. The molecule has 7 N–H and O–H groups in total. The topological polar surface area (TPSA) is 139 Å². The molecule has 0 heterocycles. The Hall–Kier alpha value is -1.62. The third kappa shape index (κ3) is 28.6. The fraction of sp³-hybridized carbons (Fsp3) is 0.900. The number of likely N-dealkylation sites (N-methyl/N-ethyl adjacent to an activating group) is 1. The largest absolute Gasteiger partial charge is 0.444 e. The summed E-state index contributed by atoms with van der Waals surface area (Å²) < 4.78 is 10.2. The molecule has 0 atom stereocenters. The van der Waals surface area contributed by atoms with Crippen molar-refractivity contribution in [2.45, 2.75) is 59.7 Å². The summed E-state index contributed by atoms with van der Waals surface area (Å²) in [5.41, 5.74) is 4.28. The van der Waals surface area contributed by atoms with E-state index < -0.39 is 23.4 Å². The van der Waals surface area contributed by atoms with Crippen LogP contribution in [0.4, 0.5) is 9.59 Å². The third-order valence-corrected chi connectivity index (χ3v) is 2.99. The van der Waals surface area contributed by atoms with Gasteiger partial charge in [-0.05, 0) is 48.1 Å². The van der Waals surface area contributed by atoms with Crippen molar-refractivity contribution in [1.29, 1.82) is 0 Å². The van der Waals surface area contributed by atoms with Crippen LogP contribution in [-0.2, 0) is 9.47 Å². The molecule has 10 heteroatoms. The van der Waals surface area contributed by atoms with E-state index in [4.69, 9.17) is 15.2 Å². The highest BCUT2D eigenvalue weighted by Crippen LogP contribution is 2.06. The maximum atomic E-state index is 11.3. The summed E-state index contributed by atoms with van der Waals surface area (Å²) in [6, 6.07) is 0. The summed E-state index contributed by atoms with van der Waals surface area (Å²) in [5, 5.41) is 14.7. The van der Waals surface area contributed by atoms with Crippen LogP contribution in [0, 0.1) is 0 Å². The standard InChI is InChI=1S/C14H29N3O4.C6H17N3/c1-13(2,3)20-11(18)16-9-7-15-8-10-17-12(19)21-14(4,5)6;1-2-8-5-6-9-4-3-7/h15H,7-10H2,1-6H3,(H,16,18)(H,17,19);8-9H,2-7H2,1H3. The maximum Gasteiger partial charge on any atom is 0.407 e. The number of carbonyl (C=O) groups excluding carboxylic acids is 2. The molecule has 0 spiro atoms. The molecule has 0 aliphatic carbocycles. The SMILES string of the molecule is CC(C)(C)OC(=O)NCCNCCNC(=O)OC(C)(C)C.CCNCCNCCN. The van der Waals surface area contributed by atoms with Gasteiger partial charge in [0.2, 0.25) is 0 Å². The van der Waals surface area contributed by atoms with E-state index in [1.807, 2.05) is 41.5 Å². The molecule has 0 fully saturated rings. The summed E-state index contributed by atoms with van der Waals surface area (Å²) in [7, 11) is 0. The van der Waals surface area contributed by atoms with Crippen molar-refractivity contribution in [1.82, 2.24) is 26.6 Å². The number of ether oxygens (including phenoxy) is 2. The first-order valence-electron chi connectivity index (χ1n) is 10.7. The van der Waals surface area contributed by atoms with Crippen LogP contribution in [-0.4, -0.2) is 82.3 Å². The smallest absolute Gasteiger partial charge is 0.407 e. The second-order valence-electron chi connectivity index (χ2n) is 8.50. The van der Waals surface area contributed by atoms with Gasteiger partial charge >= 0.3 is 12.2 Å². The summed E-state index contributed by atoms with van der Waals surface area (Å²) in [6.07, 6.45) is -0.868. The number of hydrogen-bond acceptors (Lipinski definition) is 8. The Bertz CT molecular complexity index is 398. The molecule has 30 heavy (non-hydrogen) atoms. The molecule has 0 unspecified atom stereocenters. The fourth-order valence-corrected chi connectivity index (χ4v) is 1.84. The van der Waals surface area contributed by atoms with Crippen LogP contribution in [0.15, 0.2) is 0 Å². The van der Waals surface area contributed by atoms with Gasteiger partial charge in [0.05, 0.1) is 0 Å². The van der Waals surface area contributed by atoms with Crippen LogP contribution < -0.4 is 32.3 Å². The van der Waals surface area contributed by atoms with Gasteiger partial charge in [0.1, 0.15) is 11.2 Å². The molecule has 0 aliphatic heterocycles. The van der Waals surface area contributed by atoms with Crippen LogP contribution in [0.5, 0.6) is 0 Å². The number of amides is 2. The number of hydrogen-bond donors (Lipinski definition) is 6. The second kappa shape index (κ2) is 18.2. The predicted molar refractivity (Wildman–Crippen MR) is 122 cm³/mol. The van der Waals surface area contributed by atoms with Crippen molar-refractivity contribution in [2.75, 3.05) is 58.9 Å². The molecule has 180 valence electrons. The minimum Gasteiger partial charge on any atom is -0.444 e. The zero-order valence-corrected chi connectivity index (χ0v) is 20.1. The molecule has 0 aromatic carbocycles. The minimum absolute atomic E-state index is 0.434. The van der Waals surface area contributed by atoms with E-state index in [1.54, 1.807) is 0 Å². The van der Waals surface area contributed by atoms with Crippen molar-refractivity contribution in [2.24, 2.45) is 5.73 Å². The molecule has 0 aromatic rings. The Morgan fingerprint density at radius 2 is 1.03 bits per heavy atom. The van der Waals surface area contributed by atoms with Crippen LogP contribution in [0.2, 0.25) is 0 Å². The molecule has 0 bridgehead atoms. The maximum absolute atomic E-state index is 11.3. The average Bonchev–Trinajstić information content (AvgIpc) is 2.58. The first-order valence-corrected chi connectivity index (χ1v) is 10.7. The number of rotatable bonds is 12. The average molecular weight is 435 g/mol. The van der Waals surface area contributed by atoms with E-state index in [0.29, 0.717) is 26.2 Å².